The van der Waals surface area contributed by atoms with Gasteiger partial charge in [-0.1, -0.05) is 336 Å². The number of amides is 1. The zero-order chi connectivity index (χ0) is 70.1. The number of rotatable bonds is 67. The minimum absolute atomic E-state index is 0.248. The number of allylic oxidation sites excluding steroid dienone is 13. The highest BCUT2D eigenvalue weighted by Crippen LogP contribution is 2.30. The summed E-state index contributed by atoms with van der Waals surface area (Å²) < 4.78 is 22.9. The van der Waals surface area contributed by atoms with Crippen LogP contribution in [0.15, 0.2) is 85.1 Å². The molecule has 2 fully saturated rings. The van der Waals surface area contributed by atoms with E-state index in [0.29, 0.717) is 12.8 Å². The van der Waals surface area contributed by atoms with Crippen LogP contribution in [-0.4, -0.2) is 140 Å². The van der Waals surface area contributed by atoms with Gasteiger partial charge in [-0.05, 0) is 83.5 Å². The highest BCUT2D eigenvalue weighted by molar-refractivity contribution is 5.76. The van der Waals surface area contributed by atoms with Crippen LogP contribution in [0.2, 0.25) is 0 Å². The highest BCUT2D eigenvalue weighted by atomic mass is 16.7. The van der Waals surface area contributed by atoms with Crippen LogP contribution in [0.3, 0.4) is 0 Å². The van der Waals surface area contributed by atoms with Gasteiger partial charge in [0.05, 0.1) is 32.0 Å². The van der Waals surface area contributed by atoms with E-state index in [1.54, 1.807) is 6.08 Å². The van der Waals surface area contributed by atoms with Gasteiger partial charge in [0, 0.05) is 6.42 Å². The molecule has 2 aliphatic rings. The van der Waals surface area contributed by atoms with E-state index in [-0.39, 0.29) is 18.9 Å². The Balaban J connectivity index is 1.59. The third-order valence-corrected chi connectivity index (χ3v) is 19.3. The summed E-state index contributed by atoms with van der Waals surface area (Å²) in [6.45, 7) is 2.71. The average molecular weight is 1370 g/mol. The molecule has 2 heterocycles. The molecule has 2 saturated heterocycles. The van der Waals surface area contributed by atoms with Gasteiger partial charge >= 0.3 is 0 Å². The van der Waals surface area contributed by atoms with Gasteiger partial charge in [-0.25, -0.2) is 0 Å². The number of nitrogens with one attached hydrogen (secondary N) is 1. The van der Waals surface area contributed by atoms with Crippen molar-refractivity contribution in [3.05, 3.63) is 85.1 Å². The van der Waals surface area contributed by atoms with Gasteiger partial charge < -0.3 is 65.1 Å². The second-order valence-electron chi connectivity index (χ2n) is 28.1. The number of ether oxygens (including phenoxy) is 4. The number of aliphatic hydroxyl groups excluding tert-OH is 8. The van der Waals surface area contributed by atoms with E-state index in [9.17, 15) is 45.6 Å². The van der Waals surface area contributed by atoms with E-state index in [0.717, 1.165) is 70.6 Å². The molecular formula is C83H149NO13. The molecule has 0 aromatic heterocycles. The number of unbranched alkanes of at least 4 members (excludes halogenated alkanes) is 42. The zero-order valence-corrected chi connectivity index (χ0v) is 61.8. The summed E-state index contributed by atoms with van der Waals surface area (Å²) in [6.07, 6.45) is 76.8. The van der Waals surface area contributed by atoms with Crippen molar-refractivity contribution in [1.82, 2.24) is 5.32 Å². The molecule has 0 aromatic rings. The fourth-order valence-corrected chi connectivity index (χ4v) is 13.0. The molecule has 0 bridgehead atoms. The molecule has 0 spiro atoms. The molecule has 564 valence electrons. The summed E-state index contributed by atoms with van der Waals surface area (Å²) >= 11 is 0. The van der Waals surface area contributed by atoms with E-state index < -0.39 is 86.8 Å². The summed E-state index contributed by atoms with van der Waals surface area (Å²) in [5, 5.41) is 87.6. The Morgan fingerprint density at radius 3 is 1.13 bits per heavy atom. The first-order valence-electron chi connectivity index (χ1n) is 40.3. The van der Waals surface area contributed by atoms with Gasteiger partial charge in [-0.2, -0.15) is 0 Å². The monoisotopic (exact) mass is 1370 g/mol. The van der Waals surface area contributed by atoms with Crippen molar-refractivity contribution in [2.45, 2.75) is 415 Å². The molecule has 1 amide bonds. The van der Waals surface area contributed by atoms with Gasteiger partial charge in [0.25, 0.3) is 0 Å². The van der Waals surface area contributed by atoms with Gasteiger partial charge in [0.2, 0.25) is 5.91 Å². The third-order valence-electron chi connectivity index (χ3n) is 19.3. The predicted octanol–water partition coefficient (Wildman–Crippen LogP) is 18.3. The minimum Gasteiger partial charge on any atom is -0.394 e. The van der Waals surface area contributed by atoms with Crippen LogP contribution in [0.5, 0.6) is 0 Å². The fourth-order valence-electron chi connectivity index (χ4n) is 13.0. The number of hydrogen-bond donors (Lipinski definition) is 9. The van der Waals surface area contributed by atoms with Crippen LogP contribution in [0, 0.1) is 0 Å². The molecule has 2 rings (SSSR count). The Hall–Kier alpha value is -2.83. The average Bonchev–Trinajstić information content (AvgIpc) is 0.794. The SMILES string of the molecule is CC/C=C\C/C=C\C/C=C\C/C=C\CCCCCCCCCCCCCCCCCCCCCCCCCCCCC(=O)NC(COC1OC(CO)C(OC2OC(CO)C(O)C(O)C2O)C(O)C1O)C(O)/C=C/CC/C=C/CC/C=C/CCCCCCCCCCCCCCCC. The van der Waals surface area contributed by atoms with E-state index in [1.807, 2.05) is 6.08 Å². The van der Waals surface area contributed by atoms with Crippen molar-refractivity contribution in [3.63, 3.8) is 0 Å². The molecule has 9 N–H and O–H groups in total. The van der Waals surface area contributed by atoms with E-state index in [1.165, 1.54) is 238 Å². The second kappa shape index (κ2) is 66.4. The summed E-state index contributed by atoms with van der Waals surface area (Å²) in [6, 6.07) is -0.941. The van der Waals surface area contributed by atoms with Crippen LogP contribution in [-0.2, 0) is 23.7 Å². The first-order chi connectivity index (χ1) is 47.6. The van der Waals surface area contributed by atoms with Crippen LogP contribution in [0.25, 0.3) is 0 Å². The molecular weight excluding hydrogens is 1220 g/mol. The predicted molar refractivity (Wildman–Crippen MR) is 401 cm³/mol. The largest absolute Gasteiger partial charge is 0.394 e. The number of carbonyl (C=O) groups excluding carboxylic acids is 1. The standard InChI is InChI=1S/C83H149NO13/c1-3-5-7-9-11-13-15-17-19-21-23-25-27-29-30-31-32-33-34-35-36-37-38-39-40-41-42-43-45-47-49-51-53-55-57-59-61-63-65-67-75(88)84-71(70-94-82-80(93)78(91)81(74(69-86)96-82)97-83-79(92)77(90)76(89)73(68-85)95-83)72(87)66-64-62-60-58-56-54-52-50-48-46-44-28-26-24-22-20-18-16-14-12-10-8-6-4-2/h5,7,11,13,17,19,23,25,48,50,56,58,64,66,71-74,76-83,85-87,89-93H,3-4,6,8-10,12,14-16,18,20-22,24,26-47,49,51-55,57,59-63,65,67-70H2,1-2H3,(H,84,88)/b7-5-,13-11-,19-17-,25-23-,50-48+,58-56+,66-64+. The zero-order valence-electron chi connectivity index (χ0n) is 61.8. The lowest BCUT2D eigenvalue weighted by molar-refractivity contribution is -0.359. The van der Waals surface area contributed by atoms with Crippen molar-refractivity contribution in [1.29, 1.82) is 0 Å². The van der Waals surface area contributed by atoms with Crippen LogP contribution >= 0.6 is 0 Å². The lowest BCUT2D eigenvalue weighted by Crippen LogP contribution is -2.65. The first-order valence-corrected chi connectivity index (χ1v) is 40.3. The summed E-state index contributed by atoms with van der Waals surface area (Å²) in [5.74, 6) is -0.248. The van der Waals surface area contributed by atoms with Gasteiger partial charge in [0.15, 0.2) is 12.6 Å². The maximum Gasteiger partial charge on any atom is 0.220 e. The maximum atomic E-state index is 13.4. The molecule has 2 aliphatic heterocycles. The molecule has 0 radical (unpaired) electrons. The molecule has 0 aromatic carbocycles. The highest BCUT2D eigenvalue weighted by Gasteiger charge is 2.51. The van der Waals surface area contributed by atoms with Crippen molar-refractivity contribution >= 4 is 5.91 Å². The molecule has 14 heteroatoms. The van der Waals surface area contributed by atoms with E-state index >= 15 is 0 Å². The Bertz CT molecular complexity index is 1950. The van der Waals surface area contributed by atoms with Crippen molar-refractivity contribution in [2.24, 2.45) is 0 Å². The van der Waals surface area contributed by atoms with Gasteiger partial charge in [-0.3, -0.25) is 4.79 Å². The molecule has 12 atom stereocenters. The number of carbonyl (C=O) groups is 1. The molecule has 14 nitrogen and oxygen atoms in total. The first kappa shape index (κ1) is 90.3. The molecule has 12 unspecified atom stereocenters. The lowest BCUT2D eigenvalue weighted by Gasteiger charge is -2.46. The Labute approximate surface area is 592 Å². The maximum absolute atomic E-state index is 13.4. The second-order valence-corrected chi connectivity index (χ2v) is 28.1. The van der Waals surface area contributed by atoms with Crippen molar-refractivity contribution in [3.8, 4) is 0 Å². The Morgan fingerprint density at radius 2 is 0.722 bits per heavy atom. The van der Waals surface area contributed by atoms with E-state index in [4.69, 9.17) is 18.9 Å². The lowest BCUT2D eigenvalue weighted by atomic mass is 9.97. The quantitative estimate of drug-likeness (QED) is 0.0204. The number of aliphatic hydroxyl groups is 8. The fraction of sp³-hybridized carbons (Fsp3) is 0.819. The van der Waals surface area contributed by atoms with Crippen LogP contribution in [0.4, 0.5) is 0 Å². The smallest absolute Gasteiger partial charge is 0.220 e. The van der Waals surface area contributed by atoms with E-state index in [2.05, 4.69) is 92.1 Å². The molecule has 0 saturated carbocycles. The molecule has 0 aliphatic carbocycles. The van der Waals surface area contributed by atoms with Crippen LogP contribution < -0.4 is 5.32 Å². The Morgan fingerprint density at radius 1 is 0.381 bits per heavy atom. The number of hydrogen-bond acceptors (Lipinski definition) is 13. The Kier molecular flexibility index (Phi) is 61.8. The third kappa shape index (κ3) is 49.4. The minimum atomic E-state index is -1.80. The van der Waals surface area contributed by atoms with Gasteiger partial charge in [-0.15, -0.1) is 0 Å². The van der Waals surface area contributed by atoms with Gasteiger partial charge in [0.1, 0.15) is 48.8 Å². The van der Waals surface area contributed by atoms with Crippen molar-refractivity contribution in [2.75, 3.05) is 19.8 Å². The van der Waals surface area contributed by atoms with Crippen molar-refractivity contribution < 1.29 is 64.6 Å². The summed E-state index contributed by atoms with van der Waals surface area (Å²) in [7, 11) is 0. The summed E-state index contributed by atoms with van der Waals surface area (Å²) in [5.41, 5.74) is 0. The normalized spacial score (nSPS) is 22.6. The van der Waals surface area contributed by atoms with Crippen LogP contribution in [0.1, 0.15) is 341 Å². The summed E-state index contributed by atoms with van der Waals surface area (Å²) in [4.78, 5) is 13.4. The topological polar surface area (TPSA) is 228 Å². The molecule has 97 heavy (non-hydrogen) atoms.